The zero-order valence-electron chi connectivity index (χ0n) is 11.1. The van der Waals surface area contributed by atoms with Crippen LogP contribution >= 0.6 is 15.9 Å². The van der Waals surface area contributed by atoms with Crippen LogP contribution in [0.3, 0.4) is 0 Å². The number of hydrogen-bond acceptors (Lipinski definition) is 3. The second-order valence-corrected chi connectivity index (χ2v) is 6.97. The van der Waals surface area contributed by atoms with Gasteiger partial charge >= 0.3 is 5.97 Å². The summed E-state index contributed by atoms with van der Waals surface area (Å²) in [6.45, 7) is 3.34. The van der Waals surface area contributed by atoms with E-state index in [9.17, 15) is 13.8 Å². The van der Waals surface area contributed by atoms with Crippen LogP contribution in [0.25, 0.3) is 0 Å². The summed E-state index contributed by atoms with van der Waals surface area (Å²) in [5.74, 6) is -2.25. The number of carbonyl (C=O) groups is 2. The molecule has 0 saturated heterocycles. The maximum absolute atomic E-state index is 12.0. The Balaban J connectivity index is 2.69. The van der Waals surface area contributed by atoms with Crippen molar-refractivity contribution in [2.75, 3.05) is 11.1 Å². The van der Waals surface area contributed by atoms with Gasteiger partial charge in [-0.15, -0.1) is 0 Å². The van der Waals surface area contributed by atoms with Crippen LogP contribution < -0.4 is 5.32 Å². The van der Waals surface area contributed by atoms with E-state index in [0.29, 0.717) is 10.2 Å². The average molecular weight is 362 g/mol. The van der Waals surface area contributed by atoms with E-state index in [2.05, 4.69) is 21.2 Å². The van der Waals surface area contributed by atoms with Gasteiger partial charge in [0.05, 0.1) is 5.69 Å². The molecule has 0 aliphatic carbocycles. The lowest BCUT2D eigenvalue weighted by Crippen LogP contribution is -2.35. The highest BCUT2D eigenvalue weighted by Crippen LogP contribution is 2.21. The fourth-order valence-electron chi connectivity index (χ4n) is 1.67. The molecule has 0 spiro atoms. The molecule has 0 fully saturated rings. The number of anilines is 1. The maximum atomic E-state index is 12.0. The van der Waals surface area contributed by atoms with Crippen LogP contribution in [0.1, 0.15) is 13.8 Å². The SMILES string of the molecule is CC(C)C(C(=O)O)S(=O)CC(=O)Nc1ccccc1Br. The zero-order chi connectivity index (χ0) is 15.3. The molecule has 0 aliphatic rings. The zero-order valence-corrected chi connectivity index (χ0v) is 13.5. The van der Waals surface area contributed by atoms with E-state index in [4.69, 9.17) is 5.11 Å². The molecule has 1 aromatic carbocycles. The summed E-state index contributed by atoms with van der Waals surface area (Å²) in [5, 5.41) is 10.6. The Morgan fingerprint density at radius 3 is 2.45 bits per heavy atom. The van der Waals surface area contributed by atoms with Crippen molar-refractivity contribution in [3.05, 3.63) is 28.7 Å². The van der Waals surface area contributed by atoms with Crippen molar-refractivity contribution in [1.29, 1.82) is 0 Å². The van der Waals surface area contributed by atoms with Gasteiger partial charge < -0.3 is 10.4 Å². The highest BCUT2D eigenvalue weighted by molar-refractivity contribution is 9.10. The molecule has 110 valence electrons. The number of aliphatic carboxylic acids is 1. The highest BCUT2D eigenvalue weighted by Gasteiger charge is 2.29. The summed E-state index contributed by atoms with van der Waals surface area (Å²) < 4.78 is 12.7. The molecule has 2 unspecified atom stereocenters. The summed E-state index contributed by atoms with van der Waals surface area (Å²) in [6, 6.07) is 7.02. The number of halogens is 1. The Morgan fingerprint density at radius 2 is 1.95 bits per heavy atom. The van der Waals surface area contributed by atoms with Crippen LogP contribution in [-0.4, -0.2) is 32.2 Å². The number of para-hydroxylation sites is 1. The minimum Gasteiger partial charge on any atom is -0.480 e. The van der Waals surface area contributed by atoms with Crippen molar-refractivity contribution >= 4 is 44.3 Å². The Morgan fingerprint density at radius 1 is 1.35 bits per heavy atom. The van der Waals surface area contributed by atoms with E-state index in [0.717, 1.165) is 0 Å². The predicted octanol–water partition coefficient (Wildman–Crippen LogP) is 2.25. The van der Waals surface area contributed by atoms with Gasteiger partial charge in [-0.25, -0.2) is 0 Å². The standard InChI is InChI=1S/C13H16BrNO4S/c1-8(2)12(13(17)18)20(19)7-11(16)15-10-6-4-3-5-9(10)14/h3-6,8,12H,7H2,1-2H3,(H,15,16)(H,17,18). The summed E-state index contributed by atoms with van der Waals surface area (Å²) in [5.41, 5.74) is 0.561. The number of carboxylic acids is 1. The van der Waals surface area contributed by atoms with Gasteiger partial charge in [0.2, 0.25) is 5.91 Å². The predicted molar refractivity (Wildman–Crippen MR) is 82.0 cm³/mol. The molecule has 0 heterocycles. The van der Waals surface area contributed by atoms with Crippen molar-refractivity contribution in [2.45, 2.75) is 19.1 Å². The van der Waals surface area contributed by atoms with Crippen molar-refractivity contribution in [3.8, 4) is 0 Å². The monoisotopic (exact) mass is 361 g/mol. The number of nitrogens with one attached hydrogen (secondary N) is 1. The topological polar surface area (TPSA) is 83.5 Å². The Bertz CT molecular complexity index is 533. The van der Waals surface area contributed by atoms with E-state index in [-0.39, 0.29) is 11.7 Å². The number of carboxylic acid groups (broad SMARTS) is 1. The van der Waals surface area contributed by atoms with Crippen LogP contribution in [0.2, 0.25) is 0 Å². The number of benzene rings is 1. The molecule has 0 bridgehead atoms. The molecule has 20 heavy (non-hydrogen) atoms. The second-order valence-electron chi connectivity index (χ2n) is 4.56. The van der Waals surface area contributed by atoms with Crippen LogP contribution in [0.4, 0.5) is 5.69 Å². The first-order chi connectivity index (χ1) is 9.32. The van der Waals surface area contributed by atoms with Gasteiger partial charge in [0.15, 0.2) is 0 Å². The Labute approximate surface area is 128 Å². The van der Waals surface area contributed by atoms with Crippen molar-refractivity contribution < 1.29 is 18.9 Å². The molecule has 1 aromatic rings. The molecule has 0 radical (unpaired) electrons. The van der Waals surface area contributed by atoms with Crippen molar-refractivity contribution in [3.63, 3.8) is 0 Å². The average Bonchev–Trinajstić information content (AvgIpc) is 2.30. The molecule has 2 N–H and O–H groups in total. The number of carbonyl (C=O) groups excluding carboxylic acids is 1. The summed E-state index contributed by atoms with van der Waals surface area (Å²) in [7, 11) is -1.76. The maximum Gasteiger partial charge on any atom is 0.319 e. The minimum atomic E-state index is -1.76. The lowest BCUT2D eigenvalue weighted by Gasteiger charge is -2.15. The first-order valence-electron chi connectivity index (χ1n) is 5.97. The fraction of sp³-hybridized carbons (Fsp3) is 0.385. The largest absolute Gasteiger partial charge is 0.480 e. The molecule has 7 heteroatoms. The summed E-state index contributed by atoms with van der Waals surface area (Å²) >= 11 is 3.28. The summed E-state index contributed by atoms with van der Waals surface area (Å²) in [4.78, 5) is 22.9. The molecule has 1 rings (SSSR count). The number of rotatable bonds is 6. The third kappa shape index (κ3) is 4.72. The van der Waals surface area contributed by atoms with Crippen LogP contribution in [0, 0.1) is 5.92 Å². The van der Waals surface area contributed by atoms with Gasteiger partial charge in [0.25, 0.3) is 0 Å². The lowest BCUT2D eigenvalue weighted by atomic mass is 10.1. The molecule has 5 nitrogen and oxygen atoms in total. The minimum absolute atomic E-state index is 0.301. The van der Waals surface area contributed by atoms with Crippen LogP contribution in [-0.2, 0) is 20.4 Å². The fourth-order valence-corrected chi connectivity index (χ4v) is 3.40. The third-order valence-electron chi connectivity index (χ3n) is 2.55. The number of amides is 1. The van der Waals surface area contributed by atoms with E-state index in [1.807, 2.05) is 0 Å². The van der Waals surface area contributed by atoms with Crippen LogP contribution in [0.15, 0.2) is 28.7 Å². The van der Waals surface area contributed by atoms with Crippen LogP contribution in [0.5, 0.6) is 0 Å². The van der Waals surface area contributed by atoms with E-state index in [1.165, 1.54) is 0 Å². The Kier molecular flexibility index (Phi) is 6.35. The molecule has 0 aromatic heterocycles. The molecule has 0 saturated carbocycles. The molecule has 0 aliphatic heterocycles. The molecular formula is C13H16BrNO4S. The van der Waals surface area contributed by atoms with E-state index < -0.39 is 27.9 Å². The summed E-state index contributed by atoms with van der Waals surface area (Å²) in [6.07, 6.45) is 0. The second kappa shape index (κ2) is 7.54. The quantitative estimate of drug-likeness (QED) is 0.813. The van der Waals surface area contributed by atoms with Gasteiger partial charge in [-0.2, -0.15) is 0 Å². The molecule has 1 amide bonds. The number of hydrogen-bond donors (Lipinski definition) is 2. The normalized spacial score (nSPS) is 13.8. The first kappa shape index (κ1) is 16.8. The van der Waals surface area contributed by atoms with Crippen molar-refractivity contribution in [1.82, 2.24) is 0 Å². The Hall–Kier alpha value is -1.21. The lowest BCUT2D eigenvalue weighted by molar-refractivity contribution is -0.137. The van der Waals surface area contributed by atoms with Gasteiger partial charge in [-0.3, -0.25) is 13.8 Å². The highest BCUT2D eigenvalue weighted by atomic mass is 79.9. The third-order valence-corrected chi connectivity index (χ3v) is 5.10. The van der Waals surface area contributed by atoms with Gasteiger partial charge in [0, 0.05) is 15.3 Å². The molecular weight excluding hydrogens is 346 g/mol. The van der Waals surface area contributed by atoms with E-state index >= 15 is 0 Å². The van der Waals surface area contributed by atoms with Crippen molar-refractivity contribution in [2.24, 2.45) is 5.92 Å². The first-order valence-corrected chi connectivity index (χ1v) is 8.14. The van der Waals surface area contributed by atoms with Gasteiger partial charge in [-0.1, -0.05) is 26.0 Å². The van der Waals surface area contributed by atoms with Gasteiger partial charge in [0.1, 0.15) is 11.0 Å². The van der Waals surface area contributed by atoms with E-state index in [1.54, 1.807) is 38.1 Å². The van der Waals surface area contributed by atoms with Gasteiger partial charge in [-0.05, 0) is 34.0 Å². The molecule has 2 atom stereocenters. The smallest absolute Gasteiger partial charge is 0.319 e.